The molecule has 0 bridgehead atoms. The van der Waals surface area contributed by atoms with Gasteiger partial charge in [0, 0.05) is 5.41 Å². The van der Waals surface area contributed by atoms with E-state index in [1.54, 1.807) is 0 Å². The molecule has 18 heavy (non-hydrogen) atoms. The molecule has 1 aliphatic rings. The van der Waals surface area contributed by atoms with Crippen LogP contribution in [0.3, 0.4) is 0 Å². The third-order valence-electron chi connectivity index (χ3n) is 3.79. The molecule has 0 aliphatic carbocycles. The monoisotopic (exact) mass is 276 g/mol. The maximum absolute atomic E-state index is 11.9. The molecule has 0 aromatic carbocycles. The lowest BCUT2D eigenvalue weighted by molar-refractivity contribution is -0.157. The quantitative estimate of drug-likeness (QED) is 0.738. The molecule has 0 aromatic rings. The molecule has 1 heterocycles. The molecule has 1 fully saturated rings. The van der Waals surface area contributed by atoms with Crippen molar-refractivity contribution in [3.8, 4) is 0 Å². The molecule has 0 amide bonds. The zero-order valence-electron chi connectivity index (χ0n) is 11.8. The van der Waals surface area contributed by atoms with Crippen molar-refractivity contribution in [2.45, 2.75) is 47.0 Å². The van der Waals surface area contributed by atoms with Crippen molar-refractivity contribution in [2.75, 3.05) is 18.1 Å². The van der Waals surface area contributed by atoms with Crippen molar-refractivity contribution < 1.29 is 17.9 Å². The second kappa shape index (κ2) is 5.19. The van der Waals surface area contributed by atoms with E-state index in [0.29, 0.717) is 12.8 Å². The highest BCUT2D eigenvalue weighted by Crippen LogP contribution is 2.32. The fourth-order valence-electron chi connectivity index (χ4n) is 2.09. The fraction of sp³-hybridized carbons (Fsp3) is 0.923. The third kappa shape index (κ3) is 3.97. The van der Waals surface area contributed by atoms with E-state index in [4.69, 9.17) is 4.74 Å². The van der Waals surface area contributed by atoms with Gasteiger partial charge in [0.1, 0.15) is 0 Å². The molecule has 1 atom stereocenters. The first-order valence-electron chi connectivity index (χ1n) is 6.48. The second-order valence-electron chi connectivity index (χ2n) is 6.32. The summed E-state index contributed by atoms with van der Waals surface area (Å²) < 4.78 is 28.6. The number of rotatable bonds is 4. The summed E-state index contributed by atoms with van der Waals surface area (Å²) in [4.78, 5) is 11.9. The predicted molar refractivity (Wildman–Crippen MR) is 71.0 cm³/mol. The SMILES string of the molecule is CCC(C)(C)C(=O)OCC1(C)CCCS(=O)(=O)C1. The first kappa shape index (κ1) is 15.5. The average Bonchev–Trinajstić information content (AvgIpc) is 2.24. The molecular formula is C13H24O4S. The summed E-state index contributed by atoms with van der Waals surface area (Å²) in [5, 5.41) is 0. The molecule has 0 spiro atoms. The Morgan fingerprint density at radius 3 is 2.50 bits per heavy atom. The predicted octanol–water partition coefficient (Wildman–Crippen LogP) is 2.18. The maximum atomic E-state index is 11.9. The maximum Gasteiger partial charge on any atom is 0.311 e. The third-order valence-corrected chi connectivity index (χ3v) is 5.84. The number of hydrogen-bond donors (Lipinski definition) is 0. The topological polar surface area (TPSA) is 60.4 Å². The van der Waals surface area contributed by atoms with Crippen LogP contribution in [0.2, 0.25) is 0 Å². The van der Waals surface area contributed by atoms with Crippen LogP contribution in [0.4, 0.5) is 0 Å². The van der Waals surface area contributed by atoms with Crippen molar-refractivity contribution >= 4 is 15.8 Å². The lowest BCUT2D eigenvalue weighted by Gasteiger charge is -2.33. The lowest BCUT2D eigenvalue weighted by atomic mass is 9.87. The van der Waals surface area contributed by atoms with E-state index >= 15 is 0 Å². The molecular weight excluding hydrogens is 252 g/mol. The van der Waals surface area contributed by atoms with Gasteiger partial charge >= 0.3 is 5.97 Å². The van der Waals surface area contributed by atoms with Crippen molar-refractivity contribution in [1.29, 1.82) is 0 Å². The zero-order valence-corrected chi connectivity index (χ0v) is 12.6. The van der Waals surface area contributed by atoms with Gasteiger partial charge in [-0.25, -0.2) is 8.42 Å². The summed E-state index contributed by atoms with van der Waals surface area (Å²) in [5.41, 5.74) is -0.916. The van der Waals surface area contributed by atoms with Gasteiger partial charge in [0.25, 0.3) is 0 Å². The Bertz CT molecular complexity index is 411. The first-order valence-corrected chi connectivity index (χ1v) is 8.30. The highest BCUT2D eigenvalue weighted by molar-refractivity contribution is 7.91. The van der Waals surface area contributed by atoms with Gasteiger partial charge in [-0.1, -0.05) is 13.8 Å². The summed E-state index contributed by atoms with van der Waals surface area (Å²) in [6.45, 7) is 7.71. The van der Waals surface area contributed by atoms with E-state index < -0.39 is 20.7 Å². The molecule has 0 radical (unpaired) electrons. The molecule has 1 saturated heterocycles. The normalized spacial score (nSPS) is 27.8. The van der Waals surface area contributed by atoms with E-state index in [0.717, 1.165) is 6.42 Å². The summed E-state index contributed by atoms with van der Waals surface area (Å²) in [6, 6.07) is 0. The Hall–Kier alpha value is -0.580. The van der Waals surface area contributed by atoms with Gasteiger partial charge < -0.3 is 4.74 Å². The zero-order chi connectivity index (χ0) is 14.0. The molecule has 5 heteroatoms. The molecule has 106 valence electrons. The van der Waals surface area contributed by atoms with Crippen LogP contribution in [0.15, 0.2) is 0 Å². The minimum Gasteiger partial charge on any atom is -0.465 e. The highest BCUT2D eigenvalue weighted by Gasteiger charge is 2.37. The van der Waals surface area contributed by atoms with E-state index in [1.807, 2.05) is 27.7 Å². The van der Waals surface area contributed by atoms with Crippen molar-refractivity contribution in [1.82, 2.24) is 0 Å². The summed E-state index contributed by atoms with van der Waals surface area (Å²) in [7, 11) is -2.97. The van der Waals surface area contributed by atoms with Crippen LogP contribution in [-0.4, -0.2) is 32.5 Å². The Morgan fingerprint density at radius 1 is 1.39 bits per heavy atom. The smallest absolute Gasteiger partial charge is 0.311 e. The minimum absolute atomic E-state index is 0.125. The van der Waals surface area contributed by atoms with E-state index in [-0.39, 0.29) is 24.1 Å². The number of hydrogen-bond acceptors (Lipinski definition) is 4. The van der Waals surface area contributed by atoms with Crippen LogP contribution in [0.25, 0.3) is 0 Å². The Morgan fingerprint density at radius 2 is 2.00 bits per heavy atom. The van der Waals surface area contributed by atoms with Gasteiger partial charge in [-0.15, -0.1) is 0 Å². The minimum atomic E-state index is -2.97. The van der Waals surface area contributed by atoms with Gasteiger partial charge in [-0.2, -0.15) is 0 Å². The molecule has 1 rings (SSSR count). The van der Waals surface area contributed by atoms with Gasteiger partial charge in [0.05, 0.1) is 23.5 Å². The summed E-state index contributed by atoms with van der Waals surface area (Å²) >= 11 is 0. The number of carbonyl (C=O) groups is 1. The highest BCUT2D eigenvalue weighted by atomic mass is 32.2. The number of sulfone groups is 1. The van der Waals surface area contributed by atoms with E-state index in [9.17, 15) is 13.2 Å². The standard InChI is InChI=1S/C13H24O4S/c1-5-12(2,3)11(14)17-9-13(4)7-6-8-18(15,16)10-13/h5-10H2,1-4H3. The molecule has 0 aromatic heterocycles. The number of ether oxygens (including phenoxy) is 1. The molecule has 1 aliphatic heterocycles. The summed E-state index contributed by atoms with van der Waals surface area (Å²) in [5.74, 6) is 0.144. The van der Waals surface area contributed by atoms with Gasteiger partial charge in [-0.05, 0) is 33.1 Å². The van der Waals surface area contributed by atoms with Gasteiger partial charge in [0.15, 0.2) is 9.84 Å². The van der Waals surface area contributed by atoms with Gasteiger partial charge in [0.2, 0.25) is 0 Å². The number of esters is 1. The van der Waals surface area contributed by atoms with Gasteiger partial charge in [-0.3, -0.25) is 4.79 Å². The van der Waals surface area contributed by atoms with Crippen LogP contribution in [-0.2, 0) is 19.4 Å². The van der Waals surface area contributed by atoms with E-state index in [2.05, 4.69) is 0 Å². The first-order chi connectivity index (χ1) is 8.10. The van der Waals surface area contributed by atoms with Crippen LogP contribution in [0, 0.1) is 10.8 Å². The second-order valence-corrected chi connectivity index (χ2v) is 8.50. The average molecular weight is 276 g/mol. The van der Waals surface area contributed by atoms with Crippen LogP contribution >= 0.6 is 0 Å². The fourth-order valence-corrected chi connectivity index (χ4v) is 4.11. The van der Waals surface area contributed by atoms with Crippen LogP contribution in [0.1, 0.15) is 47.0 Å². The Kier molecular flexibility index (Phi) is 4.47. The van der Waals surface area contributed by atoms with Crippen molar-refractivity contribution in [3.63, 3.8) is 0 Å². The Labute approximate surface area is 110 Å². The molecule has 1 unspecified atom stereocenters. The van der Waals surface area contributed by atoms with Crippen molar-refractivity contribution in [3.05, 3.63) is 0 Å². The molecule has 0 N–H and O–H groups in total. The Balaban J connectivity index is 2.60. The largest absolute Gasteiger partial charge is 0.465 e. The van der Waals surface area contributed by atoms with Crippen molar-refractivity contribution in [2.24, 2.45) is 10.8 Å². The lowest BCUT2D eigenvalue weighted by Crippen LogP contribution is -2.39. The van der Waals surface area contributed by atoms with Crippen LogP contribution in [0.5, 0.6) is 0 Å². The summed E-state index contributed by atoms with van der Waals surface area (Å²) in [6.07, 6.45) is 2.17. The molecule has 4 nitrogen and oxygen atoms in total. The van der Waals surface area contributed by atoms with Crippen LogP contribution < -0.4 is 0 Å². The molecule has 0 saturated carbocycles. The number of carbonyl (C=O) groups excluding carboxylic acids is 1. The van der Waals surface area contributed by atoms with E-state index in [1.165, 1.54) is 0 Å².